The molecule has 2 atom stereocenters. The number of carbonyl (C=O) groups excluding carboxylic acids is 1. The maximum Gasteiger partial charge on any atom is 0.305 e. The minimum absolute atomic E-state index is 0.0835. The summed E-state index contributed by atoms with van der Waals surface area (Å²) >= 11 is 0. The van der Waals surface area contributed by atoms with Gasteiger partial charge in [0.05, 0.1) is 7.11 Å². The zero-order valence-electron chi connectivity index (χ0n) is 15.6. The third-order valence-electron chi connectivity index (χ3n) is 5.71. The van der Waals surface area contributed by atoms with E-state index in [4.69, 9.17) is 4.74 Å². The first-order chi connectivity index (χ1) is 13.1. The van der Waals surface area contributed by atoms with Crippen molar-refractivity contribution in [2.24, 2.45) is 5.92 Å². The van der Waals surface area contributed by atoms with Gasteiger partial charge in [-0.2, -0.15) is 0 Å². The lowest BCUT2D eigenvalue weighted by Crippen LogP contribution is -2.47. The molecule has 4 rings (SSSR count). The molecule has 0 saturated carbocycles. The number of likely N-dealkylation sites (tertiary alicyclic amines) is 1. The molecular weight excluding hydrogens is 342 g/mol. The second kappa shape index (κ2) is 7.64. The van der Waals surface area contributed by atoms with Gasteiger partial charge >= 0.3 is 5.97 Å². The van der Waals surface area contributed by atoms with Gasteiger partial charge in [0.2, 0.25) is 0 Å². The van der Waals surface area contributed by atoms with Gasteiger partial charge in [0.25, 0.3) is 5.56 Å². The van der Waals surface area contributed by atoms with Crippen molar-refractivity contribution in [3.05, 3.63) is 52.7 Å². The highest BCUT2D eigenvalue weighted by Gasteiger charge is 2.34. The van der Waals surface area contributed by atoms with Crippen LogP contribution in [0, 0.1) is 5.92 Å². The molecule has 2 bridgehead atoms. The fourth-order valence-electron chi connectivity index (χ4n) is 4.49. The summed E-state index contributed by atoms with van der Waals surface area (Å²) in [5.74, 6) is 0.710. The van der Waals surface area contributed by atoms with Gasteiger partial charge in [0, 0.05) is 61.7 Å². The molecule has 0 spiro atoms. The van der Waals surface area contributed by atoms with Gasteiger partial charge in [-0.1, -0.05) is 6.07 Å². The van der Waals surface area contributed by atoms with E-state index in [1.807, 2.05) is 16.7 Å². The first-order valence-corrected chi connectivity index (χ1v) is 9.58. The Morgan fingerprint density at radius 3 is 2.93 bits per heavy atom. The minimum atomic E-state index is -0.148. The number of piperidine rings is 1. The molecular formula is C21H25N3O3. The Labute approximate surface area is 158 Å². The Bertz CT molecular complexity index is 878. The van der Waals surface area contributed by atoms with E-state index in [0.29, 0.717) is 18.3 Å². The maximum absolute atomic E-state index is 12.7. The number of esters is 1. The van der Waals surface area contributed by atoms with Gasteiger partial charge in [-0.3, -0.25) is 14.6 Å². The number of nitrogens with zero attached hydrogens (tertiary/aromatic N) is 3. The van der Waals surface area contributed by atoms with Crippen LogP contribution in [0.25, 0.3) is 11.1 Å². The molecule has 2 aromatic rings. The van der Waals surface area contributed by atoms with Crippen LogP contribution in [0.1, 0.15) is 30.9 Å². The number of rotatable bonds is 5. The highest BCUT2D eigenvalue weighted by Crippen LogP contribution is 2.36. The predicted molar refractivity (Wildman–Crippen MR) is 102 cm³/mol. The van der Waals surface area contributed by atoms with Crippen LogP contribution in [-0.2, 0) is 16.1 Å². The SMILES string of the molecule is COC(=O)CCCN1C[C@@H]2C[C@H](C1)c1cc(-c3cccnc3)cc(=O)n1C2. The lowest BCUT2D eigenvalue weighted by atomic mass is 9.82. The van der Waals surface area contributed by atoms with Gasteiger partial charge in [0.15, 0.2) is 0 Å². The first-order valence-electron chi connectivity index (χ1n) is 9.58. The highest BCUT2D eigenvalue weighted by molar-refractivity contribution is 5.69. The molecule has 1 fully saturated rings. The zero-order valence-corrected chi connectivity index (χ0v) is 15.6. The van der Waals surface area contributed by atoms with Gasteiger partial charge < -0.3 is 14.2 Å². The molecule has 6 nitrogen and oxygen atoms in total. The standard InChI is InChI=1S/C21H25N3O3/c1-27-21(26)5-3-7-23-12-15-8-18(14-23)19-9-17(10-20(25)24(19)13-15)16-4-2-6-22-11-16/h2,4,6,9-11,15,18H,3,5,7-8,12-14H2,1H3/t15-,18+/m0/s1. The maximum atomic E-state index is 12.7. The smallest absolute Gasteiger partial charge is 0.305 e. The van der Waals surface area contributed by atoms with E-state index in [-0.39, 0.29) is 11.5 Å². The van der Waals surface area contributed by atoms with E-state index in [0.717, 1.165) is 55.8 Å². The summed E-state index contributed by atoms with van der Waals surface area (Å²) in [5, 5.41) is 0. The normalized spacial score (nSPS) is 21.5. The van der Waals surface area contributed by atoms with Crippen molar-refractivity contribution in [3.8, 4) is 11.1 Å². The van der Waals surface area contributed by atoms with Gasteiger partial charge in [-0.05, 0) is 43.0 Å². The molecule has 0 unspecified atom stereocenters. The molecule has 6 heteroatoms. The highest BCUT2D eigenvalue weighted by atomic mass is 16.5. The monoisotopic (exact) mass is 367 g/mol. The Morgan fingerprint density at radius 1 is 1.26 bits per heavy atom. The van der Waals surface area contributed by atoms with Crippen molar-refractivity contribution in [2.75, 3.05) is 26.7 Å². The van der Waals surface area contributed by atoms with Crippen LogP contribution in [0.5, 0.6) is 0 Å². The Balaban J connectivity index is 1.54. The first kappa shape index (κ1) is 17.9. The summed E-state index contributed by atoms with van der Waals surface area (Å²) in [4.78, 5) is 30.7. The molecule has 4 heterocycles. The fraction of sp³-hybridized carbons (Fsp3) is 0.476. The largest absolute Gasteiger partial charge is 0.469 e. The Hall–Kier alpha value is -2.47. The summed E-state index contributed by atoms with van der Waals surface area (Å²) in [6.45, 7) is 3.61. The van der Waals surface area contributed by atoms with E-state index in [2.05, 4.69) is 16.0 Å². The summed E-state index contributed by atoms with van der Waals surface area (Å²) in [7, 11) is 1.43. The molecule has 2 aromatic heterocycles. The summed E-state index contributed by atoms with van der Waals surface area (Å²) in [6.07, 6.45) is 5.95. The molecule has 27 heavy (non-hydrogen) atoms. The minimum Gasteiger partial charge on any atom is -0.469 e. The van der Waals surface area contributed by atoms with Crippen LogP contribution in [-0.4, -0.2) is 47.2 Å². The fourth-order valence-corrected chi connectivity index (χ4v) is 4.49. The number of methoxy groups -OCH3 is 1. The summed E-state index contributed by atoms with van der Waals surface area (Å²) < 4.78 is 6.69. The van der Waals surface area contributed by atoms with Crippen LogP contribution in [0.2, 0.25) is 0 Å². The number of carbonyl (C=O) groups is 1. The average Bonchev–Trinajstić information content (AvgIpc) is 2.69. The number of hydrogen-bond donors (Lipinski definition) is 0. The van der Waals surface area contributed by atoms with Crippen LogP contribution in [0.15, 0.2) is 41.5 Å². The average molecular weight is 367 g/mol. The molecule has 0 aliphatic carbocycles. The van der Waals surface area contributed by atoms with Gasteiger partial charge in [-0.25, -0.2) is 0 Å². The van der Waals surface area contributed by atoms with E-state index < -0.39 is 0 Å². The quantitative estimate of drug-likeness (QED) is 0.759. The number of aromatic nitrogens is 2. The van der Waals surface area contributed by atoms with Crippen LogP contribution < -0.4 is 5.56 Å². The molecule has 1 saturated heterocycles. The lowest BCUT2D eigenvalue weighted by Gasteiger charge is -2.43. The molecule has 2 aliphatic rings. The van der Waals surface area contributed by atoms with Gasteiger partial charge in [-0.15, -0.1) is 0 Å². The molecule has 0 N–H and O–H groups in total. The van der Waals surface area contributed by atoms with E-state index >= 15 is 0 Å². The summed E-state index contributed by atoms with van der Waals surface area (Å²) in [6, 6.07) is 7.78. The van der Waals surface area contributed by atoms with E-state index in [1.54, 1.807) is 18.5 Å². The van der Waals surface area contributed by atoms with Crippen molar-refractivity contribution >= 4 is 5.97 Å². The third-order valence-corrected chi connectivity index (χ3v) is 5.71. The second-order valence-electron chi connectivity index (χ2n) is 7.60. The van der Waals surface area contributed by atoms with Crippen LogP contribution in [0.3, 0.4) is 0 Å². The molecule has 0 aromatic carbocycles. The van der Waals surface area contributed by atoms with Crippen LogP contribution in [0.4, 0.5) is 0 Å². The van der Waals surface area contributed by atoms with Gasteiger partial charge in [0.1, 0.15) is 0 Å². The number of ether oxygens (including phenoxy) is 1. The number of fused-ring (bicyclic) bond motifs is 4. The number of hydrogen-bond acceptors (Lipinski definition) is 5. The second-order valence-corrected chi connectivity index (χ2v) is 7.60. The third kappa shape index (κ3) is 3.81. The van der Waals surface area contributed by atoms with Crippen molar-refractivity contribution in [3.63, 3.8) is 0 Å². The van der Waals surface area contributed by atoms with E-state index in [9.17, 15) is 9.59 Å². The number of pyridine rings is 2. The Morgan fingerprint density at radius 2 is 2.15 bits per heavy atom. The predicted octanol–water partition coefficient (Wildman–Crippen LogP) is 2.28. The molecule has 2 aliphatic heterocycles. The lowest BCUT2D eigenvalue weighted by molar-refractivity contribution is -0.140. The van der Waals surface area contributed by atoms with Crippen molar-refractivity contribution in [1.82, 2.24) is 14.5 Å². The molecule has 0 amide bonds. The topological polar surface area (TPSA) is 64.4 Å². The summed E-state index contributed by atoms with van der Waals surface area (Å²) in [5.41, 5.74) is 3.14. The van der Waals surface area contributed by atoms with E-state index in [1.165, 1.54) is 7.11 Å². The molecule has 142 valence electrons. The van der Waals surface area contributed by atoms with Crippen molar-refractivity contribution in [1.29, 1.82) is 0 Å². The van der Waals surface area contributed by atoms with Crippen molar-refractivity contribution < 1.29 is 9.53 Å². The molecule has 0 radical (unpaired) electrons. The van der Waals surface area contributed by atoms with Crippen LogP contribution >= 0.6 is 0 Å². The zero-order chi connectivity index (χ0) is 18.8. The Kier molecular flexibility index (Phi) is 5.07. The van der Waals surface area contributed by atoms with Crippen molar-refractivity contribution in [2.45, 2.75) is 31.7 Å².